The summed E-state index contributed by atoms with van der Waals surface area (Å²) in [6, 6.07) is 7.63. The summed E-state index contributed by atoms with van der Waals surface area (Å²) in [5.41, 5.74) is 3.79. The molecule has 1 heterocycles. The van der Waals surface area contributed by atoms with E-state index in [-0.39, 0.29) is 12.4 Å². The molecule has 7 heteroatoms. The van der Waals surface area contributed by atoms with Gasteiger partial charge >= 0.3 is 0 Å². The minimum absolute atomic E-state index is 0.0640. The lowest BCUT2D eigenvalue weighted by Crippen LogP contribution is -2.02. The zero-order chi connectivity index (χ0) is 15.9. The SMILES string of the molecule is Cc1cc(CCO)cc(-n2nc3cc(I)c(I)cc3n2)c1O. The van der Waals surface area contributed by atoms with Crippen LogP contribution in [0.2, 0.25) is 0 Å². The van der Waals surface area contributed by atoms with E-state index in [2.05, 4.69) is 55.4 Å². The van der Waals surface area contributed by atoms with Crippen LogP contribution in [0, 0.1) is 14.1 Å². The van der Waals surface area contributed by atoms with Crippen molar-refractivity contribution in [3.63, 3.8) is 0 Å². The Kier molecular flexibility index (Phi) is 4.55. The van der Waals surface area contributed by atoms with Crippen LogP contribution in [-0.4, -0.2) is 31.8 Å². The number of aliphatic hydroxyl groups excluding tert-OH is 1. The fraction of sp³-hybridized carbons (Fsp3) is 0.200. The van der Waals surface area contributed by atoms with Crippen LogP contribution in [0.25, 0.3) is 16.7 Å². The second kappa shape index (κ2) is 6.28. The van der Waals surface area contributed by atoms with Crippen molar-refractivity contribution in [2.75, 3.05) is 6.61 Å². The Labute approximate surface area is 154 Å². The van der Waals surface area contributed by atoms with Crippen LogP contribution in [0.3, 0.4) is 0 Å². The fourth-order valence-electron chi connectivity index (χ4n) is 2.28. The average molecular weight is 521 g/mol. The minimum atomic E-state index is 0.0640. The van der Waals surface area contributed by atoms with E-state index in [0.29, 0.717) is 12.1 Å². The maximum Gasteiger partial charge on any atom is 0.146 e. The van der Waals surface area contributed by atoms with Gasteiger partial charge in [-0.05, 0) is 87.9 Å². The Balaban J connectivity index is 2.18. The minimum Gasteiger partial charge on any atom is -0.505 e. The van der Waals surface area contributed by atoms with E-state index in [0.717, 1.165) is 29.3 Å². The van der Waals surface area contributed by atoms with E-state index < -0.39 is 0 Å². The molecule has 2 aromatic carbocycles. The van der Waals surface area contributed by atoms with Gasteiger partial charge in [-0.1, -0.05) is 6.07 Å². The number of phenols is 1. The monoisotopic (exact) mass is 521 g/mol. The number of hydrogen-bond acceptors (Lipinski definition) is 4. The molecule has 0 bridgehead atoms. The second-order valence-electron chi connectivity index (χ2n) is 5.00. The molecule has 1 aromatic heterocycles. The van der Waals surface area contributed by atoms with Gasteiger partial charge in [-0.15, -0.1) is 15.0 Å². The summed E-state index contributed by atoms with van der Waals surface area (Å²) in [5.74, 6) is 0.159. The molecule has 0 spiro atoms. The van der Waals surface area contributed by atoms with Gasteiger partial charge in [0.1, 0.15) is 22.5 Å². The number of benzene rings is 2. The third kappa shape index (κ3) is 2.93. The number of aryl methyl sites for hydroxylation is 1. The summed E-state index contributed by atoms with van der Waals surface area (Å²) < 4.78 is 2.24. The van der Waals surface area contributed by atoms with Crippen molar-refractivity contribution in [2.24, 2.45) is 0 Å². The number of aromatic hydroxyl groups is 1. The van der Waals surface area contributed by atoms with E-state index in [4.69, 9.17) is 5.11 Å². The second-order valence-corrected chi connectivity index (χ2v) is 7.32. The first-order valence-corrected chi connectivity index (χ1v) is 8.81. The Morgan fingerprint density at radius 2 is 1.64 bits per heavy atom. The van der Waals surface area contributed by atoms with Gasteiger partial charge in [-0.3, -0.25) is 0 Å². The van der Waals surface area contributed by atoms with Crippen molar-refractivity contribution in [3.05, 3.63) is 42.5 Å². The maximum absolute atomic E-state index is 10.3. The molecule has 0 amide bonds. The molecular formula is C15H13I2N3O2. The molecule has 2 N–H and O–H groups in total. The van der Waals surface area contributed by atoms with Gasteiger partial charge in [0.25, 0.3) is 0 Å². The maximum atomic E-state index is 10.3. The fourth-order valence-corrected chi connectivity index (χ4v) is 3.18. The standard InChI is InChI=1S/C15H13I2N3O2/c1-8-4-9(2-3-21)5-14(15(8)22)20-18-12-6-10(16)11(17)7-13(12)19-20/h4-7,21-22H,2-3H2,1H3. The molecule has 0 aliphatic rings. The van der Waals surface area contributed by atoms with Gasteiger partial charge < -0.3 is 10.2 Å². The van der Waals surface area contributed by atoms with Gasteiger partial charge in [0.15, 0.2) is 0 Å². The summed E-state index contributed by atoms with van der Waals surface area (Å²) in [6.45, 7) is 1.89. The Hall–Kier alpha value is -0.940. The van der Waals surface area contributed by atoms with Crippen molar-refractivity contribution < 1.29 is 10.2 Å². The summed E-state index contributed by atoms with van der Waals surface area (Å²) >= 11 is 4.53. The van der Waals surface area contributed by atoms with Crippen LogP contribution in [-0.2, 0) is 6.42 Å². The van der Waals surface area contributed by atoms with E-state index in [9.17, 15) is 5.11 Å². The topological polar surface area (TPSA) is 71.2 Å². The first-order valence-electron chi connectivity index (χ1n) is 6.65. The van der Waals surface area contributed by atoms with Gasteiger partial charge in [0, 0.05) is 13.7 Å². The number of halogens is 2. The molecule has 0 unspecified atom stereocenters. The van der Waals surface area contributed by atoms with Crippen LogP contribution >= 0.6 is 45.2 Å². The molecule has 5 nitrogen and oxygen atoms in total. The number of fused-ring (bicyclic) bond motifs is 1. The highest BCUT2D eigenvalue weighted by Crippen LogP contribution is 2.28. The molecule has 22 heavy (non-hydrogen) atoms. The molecule has 3 aromatic rings. The number of phenolic OH excluding ortho intramolecular Hbond substituents is 1. The summed E-state index contributed by atoms with van der Waals surface area (Å²) in [4.78, 5) is 1.46. The lowest BCUT2D eigenvalue weighted by molar-refractivity contribution is 0.299. The van der Waals surface area contributed by atoms with Gasteiger partial charge in [0.2, 0.25) is 0 Å². The van der Waals surface area contributed by atoms with E-state index >= 15 is 0 Å². The predicted octanol–water partition coefficient (Wildman–Crippen LogP) is 3.18. The number of nitrogens with zero attached hydrogens (tertiary/aromatic N) is 3. The molecule has 0 radical (unpaired) electrons. The summed E-state index contributed by atoms with van der Waals surface area (Å²) in [6.07, 6.45) is 0.532. The molecule has 0 saturated carbocycles. The highest BCUT2D eigenvalue weighted by atomic mass is 127. The van der Waals surface area contributed by atoms with Crippen LogP contribution < -0.4 is 0 Å². The Morgan fingerprint density at radius 1 is 1.05 bits per heavy atom. The van der Waals surface area contributed by atoms with Crippen molar-refractivity contribution in [2.45, 2.75) is 13.3 Å². The third-order valence-electron chi connectivity index (χ3n) is 3.38. The number of aromatic nitrogens is 3. The summed E-state index contributed by atoms with van der Waals surface area (Å²) in [7, 11) is 0. The molecule has 0 atom stereocenters. The van der Waals surface area contributed by atoms with Gasteiger partial charge in [-0.25, -0.2) is 0 Å². The lowest BCUT2D eigenvalue weighted by Gasteiger charge is -2.09. The predicted molar refractivity (Wildman–Crippen MR) is 101 cm³/mol. The Bertz CT molecular complexity index is 823. The van der Waals surface area contributed by atoms with Crippen LogP contribution in [0.4, 0.5) is 0 Å². The lowest BCUT2D eigenvalue weighted by atomic mass is 10.1. The molecule has 0 saturated heterocycles. The highest BCUT2D eigenvalue weighted by Gasteiger charge is 2.13. The Morgan fingerprint density at radius 3 is 2.18 bits per heavy atom. The largest absolute Gasteiger partial charge is 0.505 e. The van der Waals surface area contributed by atoms with Gasteiger partial charge in [0.05, 0.1) is 0 Å². The van der Waals surface area contributed by atoms with E-state index in [1.165, 1.54) is 4.80 Å². The molecule has 3 rings (SSSR count). The van der Waals surface area contributed by atoms with Crippen molar-refractivity contribution in [1.29, 1.82) is 0 Å². The number of hydrogen-bond donors (Lipinski definition) is 2. The normalized spacial score (nSPS) is 11.3. The molecule has 0 aliphatic heterocycles. The molecule has 0 aliphatic carbocycles. The first-order chi connectivity index (χ1) is 10.5. The van der Waals surface area contributed by atoms with E-state index in [1.807, 2.05) is 31.2 Å². The number of rotatable bonds is 3. The quantitative estimate of drug-likeness (QED) is 0.520. The third-order valence-corrected chi connectivity index (χ3v) is 6.20. The average Bonchev–Trinajstić information content (AvgIpc) is 2.86. The first kappa shape index (κ1) is 15.9. The van der Waals surface area contributed by atoms with Crippen LogP contribution in [0.5, 0.6) is 5.75 Å². The summed E-state index contributed by atoms with van der Waals surface area (Å²) in [5, 5.41) is 28.4. The molecule has 0 fully saturated rings. The molecular weight excluding hydrogens is 508 g/mol. The van der Waals surface area contributed by atoms with Gasteiger partial charge in [-0.2, -0.15) is 0 Å². The molecule has 114 valence electrons. The van der Waals surface area contributed by atoms with Crippen LogP contribution in [0.15, 0.2) is 24.3 Å². The zero-order valence-electron chi connectivity index (χ0n) is 11.7. The van der Waals surface area contributed by atoms with Crippen molar-refractivity contribution in [3.8, 4) is 11.4 Å². The smallest absolute Gasteiger partial charge is 0.146 e. The van der Waals surface area contributed by atoms with Crippen LogP contribution in [0.1, 0.15) is 11.1 Å². The number of aliphatic hydroxyl groups is 1. The van der Waals surface area contributed by atoms with Crippen molar-refractivity contribution >= 4 is 56.2 Å². The van der Waals surface area contributed by atoms with E-state index in [1.54, 1.807) is 0 Å². The van der Waals surface area contributed by atoms with Crippen molar-refractivity contribution in [1.82, 2.24) is 15.0 Å². The zero-order valence-corrected chi connectivity index (χ0v) is 16.0. The highest BCUT2D eigenvalue weighted by molar-refractivity contribution is 14.1.